The molecule has 0 spiro atoms. The van der Waals surface area contributed by atoms with E-state index in [0.717, 1.165) is 19.5 Å². The Morgan fingerprint density at radius 2 is 2.11 bits per heavy atom. The van der Waals surface area contributed by atoms with Crippen molar-refractivity contribution < 1.29 is 4.57 Å². The van der Waals surface area contributed by atoms with Crippen molar-refractivity contribution in [1.82, 2.24) is 4.57 Å². The SMILES string of the molecule is CCSCCn1cc[n+](CCCCCCC#N)c1. The van der Waals surface area contributed by atoms with Crippen molar-refractivity contribution in [3.05, 3.63) is 18.7 Å². The highest BCUT2D eigenvalue weighted by molar-refractivity contribution is 7.99. The molecule has 0 saturated heterocycles. The summed E-state index contributed by atoms with van der Waals surface area (Å²) >= 11 is 1.98. The molecule has 1 rings (SSSR count). The van der Waals surface area contributed by atoms with Crippen molar-refractivity contribution in [2.45, 2.75) is 52.1 Å². The van der Waals surface area contributed by atoms with Crippen LogP contribution >= 0.6 is 11.8 Å². The van der Waals surface area contributed by atoms with Gasteiger partial charge in [0, 0.05) is 12.2 Å². The number of imidazole rings is 1. The van der Waals surface area contributed by atoms with Crippen LogP contribution in [0.2, 0.25) is 0 Å². The maximum atomic E-state index is 8.43. The minimum Gasteiger partial charge on any atom is -0.237 e. The van der Waals surface area contributed by atoms with Crippen LogP contribution in [0, 0.1) is 11.3 Å². The first-order valence-corrected chi connectivity index (χ1v) is 8.01. The summed E-state index contributed by atoms with van der Waals surface area (Å²) in [7, 11) is 0. The predicted molar refractivity (Wildman–Crippen MR) is 76.3 cm³/mol. The van der Waals surface area contributed by atoms with E-state index in [9.17, 15) is 0 Å². The molecule has 100 valence electrons. The molecule has 0 fully saturated rings. The topological polar surface area (TPSA) is 32.6 Å². The number of aromatic nitrogens is 2. The Morgan fingerprint density at radius 3 is 2.89 bits per heavy atom. The molecule has 0 atom stereocenters. The largest absolute Gasteiger partial charge is 0.243 e. The van der Waals surface area contributed by atoms with Gasteiger partial charge in [0.05, 0.1) is 19.2 Å². The number of thioether (sulfide) groups is 1. The van der Waals surface area contributed by atoms with Gasteiger partial charge in [-0.15, -0.1) is 0 Å². The fourth-order valence-corrected chi connectivity index (χ4v) is 2.50. The predicted octanol–water partition coefficient (Wildman–Crippen LogP) is 3.00. The zero-order valence-corrected chi connectivity index (χ0v) is 12.2. The summed E-state index contributed by atoms with van der Waals surface area (Å²) in [6, 6.07) is 2.19. The summed E-state index contributed by atoms with van der Waals surface area (Å²) in [5.41, 5.74) is 0. The van der Waals surface area contributed by atoms with Crippen LogP contribution < -0.4 is 4.57 Å². The van der Waals surface area contributed by atoms with E-state index in [1.807, 2.05) is 11.8 Å². The van der Waals surface area contributed by atoms with Gasteiger partial charge in [0.1, 0.15) is 12.4 Å². The molecule has 0 radical (unpaired) electrons. The molecule has 0 aliphatic heterocycles. The average molecular weight is 266 g/mol. The van der Waals surface area contributed by atoms with E-state index in [1.165, 1.54) is 30.8 Å². The molecule has 3 nitrogen and oxygen atoms in total. The maximum absolute atomic E-state index is 8.43. The van der Waals surface area contributed by atoms with Crippen LogP contribution in [0.25, 0.3) is 0 Å². The second kappa shape index (κ2) is 10.0. The molecule has 0 aliphatic rings. The fraction of sp³-hybridized carbons (Fsp3) is 0.714. The lowest BCUT2D eigenvalue weighted by molar-refractivity contribution is -0.696. The van der Waals surface area contributed by atoms with Crippen LogP contribution in [0.5, 0.6) is 0 Å². The fourth-order valence-electron chi connectivity index (χ4n) is 1.87. The van der Waals surface area contributed by atoms with Crippen molar-refractivity contribution in [1.29, 1.82) is 5.26 Å². The molecular weight excluding hydrogens is 242 g/mol. The number of nitrogens with zero attached hydrogens (tertiary/aromatic N) is 3. The Balaban J connectivity index is 2.09. The van der Waals surface area contributed by atoms with Crippen LogP contribution in [0.15, 0.2) is 18.7 Å². The summed E-state index contributed by atoms with van der Waals surface area (Å²) < 4.78 is 4.53. The molecule has 0 unspecified atom stereocenters. The summed E-state index contributed by atoms with van der Waals surface area (Å²) in [6.45, 7) is 4.40. The van der Waals surface area contributed by atoms with E-state index < -0.39 is 0 Å². The van der Waals surface area contributed by atoms with Crippen molar-refractivity contribution in [3.8, 4) is 6.07 Å². The molecule has 0 amide bonds. The standard InChI is InChI=1S/C14H24N3S/c1-2-18-13-12-17-11-10-16(14-17)9-7-5-3-4-6-8-15/h10-11,14H,2-7,9,12-13H2,1H3/q+1. The molecule has 0 saturated carbocycles. The monoisotopic (exact) mass is 266 g/mol. The van der Waals surface area contributed by atoms with Gasteiger partial charge in [-0.1, -0.05) is 13.3 Å². The Kier molecular flexibility index (Phi) is 8.41. The lowest BCUT2D eigenvalue weighted by Gasteiger charge is -1.97. The first-order valence-electron chi connectivity index (χ1n) is 6.86. The van der Waals surface area contributed by atoms with Crippen molar-refractivity contribution in [3.63, 3.8) is 0 Å². The molecule has 0 aliphatic carbocycles. The number of unbranched alkanes of at least 4 members (excludes halogenated alkanes) is 4. The van der Waals surface area contributed by atoms with Crippen LogP contribution in [0.4, 0.5) is 0 Å². The second-order valence-electron chi connectivity index (χ2n) is 4.41. The molecule has 1 aromatic rings. The quantitative estimate of drug-likeness (QED) is 0.482. The van der Waals surface area contributed by atoms with E-state index in [2.05, 4.69) is 40.8 Å². The Labute approximate surface area is 115 Å². The van der Waals surface area contributed by atoms with Crippen molar-refractivity contribution in [2.24, 2.45) is 0 Å². The van der Waals surface area contributed by atoms with Gasteiger partial charge < -0.3 is 0 Å². The lowest BCUT2D eigenvalue weighted by Crippen LogP contribution is -2.30. The third-order valence-corrected chi connectivity index (χ3v) is 3.78. The third-order valence-electron chi connectivity index (χ3n) is 2.90. The van der Waals surface area contributed by atoms with Gasteiger partial charge in [0.25, 0.3) is 0 Å². The average Bonchev–Trinajstić information content (AvgIpc) is 2.82. The van der Waals surface area contributed by atoms with Crippen LogP contribution in [-0.4, -0.2) is 16.1 Å². The maximum Gasteiger partial charge on any atom is 0.243 e. The van der Waals surface area contributed by atoms with Gasteiger partial charge in [-0.3, -0.25) is 0 Å². The van der Waals surface area contributed by atoms with Crippen molar-refractivity contribution in [2.75, 3.05) is 11.5 Å². The molecule has 1 heterocycles. The first kappa shape index (κ1) is 15.1. The van der Waals surface area contributed by atoms with Crippen LogP contribution in [0.1, 0.15) is 39.0 Å². The molecule has 18 heavy (non-hydrogen) atoms. The first-order chi connectivity index (χ1) is 8.86. The number of hydrogen-bond acceptors (Lipinski definition) is 2. The summed E-state index contributed by atoms with van der Waals surface area (Å²) in [6.07, 6.45) is 11.9. The second-order valence-corrected chi connectivity index (χ2v) is 5.80. The number of rotatable bonds is 10. The van der Waals surface area contributed by atoms with E-state index in [4.69, 9.17) is 5.26 Å². The molecule has 0 bridgehead atoms. The van der Waals surface area contributed by atoms with Crippen molar-refractivity contribution >= 4 is 11.8 Å². The highest BCUT2D eigenvalue weighted by Gasteiger charge is 2.02. The summed E-state index contributed by atoms with van der Waals surface area (Å²) in [5, 5.41) is 8.43. The molecule has 0 N–H and O–H groups in total. The number of hydrogen-bond donors (Lipinski definition) is 0. The van der Waals surface area contributed by atoms with Crippen LogP contribution in [-0.2, 0) is 13.1 Å². The summed E-state index contributed by atoms with van der Waals surface area (Å²) in [5.74, 6) is 2.39. The van der Waals surface area contributed by atoms with Gasteiger partial charge in [-0.25, -0.2) is 9.13 Å². The molecular formula is C14H24N3S+. The van der Waals surface area contributed by atoms with Gasteiger partial charge >= 0.3 is 0 Å². The van der Waals surface area contributed by atoms with E-state index in [-0.39, 0.29) is 0 Å². The third kappa shape index (κ3) is 6.70. The Morgan fingerprint density at radius 1 is 1.28 bits per heavy atom. The molecule has 1 aromatic heterocycles. The van der Waals surface area contributed by atoms with Crippen LogP contribution in [0.3, 0.4) is 0 Å². The highest BCUT2D eigenvalue weighted by atomic mass is 32.2. The molecule has 0 aromatic carbocycles. The highest BCUT2D eigenvalue weighted by Crippen LogP contribution is 2.02. The minimum absolute atomic E-state index is 0.707. The molecule has 4 heteroatoms. The smallest absolute Gasteiger partial charge is 0.237 e. The van der Waals surface area contributed by atoms with E-state index in [1.54, 1.807) is 0 Å². The van der Waals surface area contributed by atoms with E-state index >= 15 is 0 Å². The van der Waals surface area contributed by atoms with Gasteiger partial charge in [-0.2, -0.15) is 17.0 Å². The van der Waals surface area contributed by atoms with Gasteiger partial charge in [-0.05, 0) is 25.0 Å². The minimum atomic E-state index is 0.707. The number of nitriles is 1. The van der Waals surface area contributed by atoms with E-state index in [0.29, 0.717) is 6.42 Å². The van der Waals surface area contributed by atoms with Gasteiger partial charge in [0.15, 0.2) is 0 Å². The summed E-state index contributed by atoms with van der Waals surface area (Å²) in [4.78, 5) is 0. The Hall–Kier alpha value is -0.950. The normalized spacial score (nSPS) is 10.4. The zero-order chi connectivity index (χ0) is 13.1. The number of aryl methyl sites for hydroxylation is 2. The Bertz CT molecular complexity index is 354. The lowest BCUT2D eigenvalue weighted by atomic mass is 10.1. The zero-order valence-electron chi connectivity index (χ0n) is 11.3. The van der Waals surface area contributed by atoms with Gasteiger partial charge in [0.2, 0.25) is 6.33 Å².